The van der Waals surface area contributed by atoms with E-state index in [2.05, 4.69) is 34.2 Å². The van der Waals surface area contributed by atoms with Crippen LogP contribution in [-0.4, -0.2) is 25.7 Å². The number of hydrogen-bond acceptors (Lipinski definition) is 3. The maximum atomic E-state index is 12.6. The Morgan fingerprint density at radius 2 is 2.04 bits per heavy atom. The number of para-hydroxylation sites is 1. The second kappa shape index (κ2) is 6.35. The monoisotopic (exact) mass is 327 g/mol. The van der Waals surface area contributed by atoms with Crippen LogP contribution in [0.3, 0.4) is 0 Å². The molecule has 0 spiro atoms. The molecule has 7 nitrogen and oxygen atoms in total. The molecule has 0 aliphatic rings. The first kappa shape index (κ1) is 16.0. The van der Waals surface area contributed by atoms with Crippen molar-refractivity contribution in [3.8, 4) is 0 Å². The van der Waals surface area contributed by atoms with Crippen LogP contribution in [0.5, 0.6) is 0 Å². The minimum Gasteiger partial charge on any atom is -0.320 e. The highest BCUT2D eigenvalue weighted by Gasteiger charge is 2.18. The van der Waals surface area contributed by atoms with E-state index in [-0.39, 0.29) is 17.6 Å². The van der Waals surface area contributed by atoms with Crippen LogP contribution in [0, 0.1) is 6.92 Å². The maximum Gasteiger partial charge on any atom is 0.323 e. The van der Waals surface area contributed by atoms with Crippen LogP contribution in [-0.2, 0) is 0 Å². The fourth-order valence-electron chi connectivity index (χ4n) is 3.00. The number of amides is 1. The second-order valence-corrected chi connectivity index (χ2v) is 5.82. The van der Waals surface area contributed by atoms with E-state index in [0.717, 1.165) is 18.5 Å². The molecule has 3 aromatic rings. The topological polar surface area (TPSA) is 95.6 Å². The summed E-state index contributed by atoms with van der Waals surface area (Å²) in [5, 5.41) is 7.24. The predicted octanol–water partition coefficient (Wildman–Crippen LogP) is 2.97. The number of imidazole rings is 1. The van der Waals surface area contributed by atoms with E-state index >= 15 is 0 Å². The Bertz CT molecular complexity index is 930. The van der Waals surface area contributed by atoms with Gasteiger partial charge in [0.05, 0.1) is 34.5 Å². The minimum absolute atomic E-state index is 0.237. The standard InChI is InChI=1S/C17H21N5O2/c1-4-11(5-2)22-10(3)12(9-18-22)16(23)19-13-7-6-8-14-15(13)21-17(24)20-14/h6-9,11H,4-5H2,1-3H3,(H,19,23)(H2,20,21,24). The average Bonchev–Trinajstić information content (AvgIpc) is 3.12. The molecule has 2 heterocycles. The van der Waals surface area contributed by atoms with Gasteiger partial charge >= 0.3 is 5.69 Å². The lowest BCUT2D eigenvalue weighted by Gasteiger charge is -2.15. The number of nitrogens with one attached hydrogen (secondary N) is 3. The van der Waals surface area contributed by atoms with Gasteiger partial charge in [-0.3, -0.25) is 9.48 Å². The zero-order valence-electron chi connectivity index (χ0n) is 14.0. The van der Waals surface area contributed by atoms with Crippen molar-refractivity contribution in [2.24, 2.45) is 0 Å². The van der Waals surface area contributed by atoms with Gasteiger partial charge < -0.3 is 15.3 Å². The molecule has 3 rings (SSSR count). The third-order valence-electron chi connectivity index (χ3n) is 4.38. The van der Waals surface area contributed by atoms with Gasteiger partial charge in [-0.2, -0.15) is 5.10 Å². The summed E-state index contributed by atoms with van der Waals surface area (Å²) >= 11 is 0. The number of carbonyl (C=O) groups is 1. The van der Waals surface area contributed by atoms with Crippen LogP contribution in [0.15, 0.2) is 29.2 Å². The number of nitrogens with zero attached hydrogens (tertiary/aromatic N) is 2. The first-order chi connectivity index (χ1) is 11.5. The van der Waals surface area contributed by atoms with Crippen LogP contribution in [0.25, 0.3) is 11.0 Å². The van der Waals surface area contributed by atoms with E-state index in [4.69, 9.17) is 0 Å². The number of aromatic nitrogens is 4. The molecule has 24 heavy (non-hydrogen) atoms. The van der Waals surface area contributed by atoms with Crippen molar-refractivity contribution in [1.29, 1.82) is 0 Å². The molecule has 0 aliphatic heterocycles. The number of H-pyrrole nitrogens is 2. The first-order valence-corrected chi connectivity index (χ1v) is 8.11. The molecule has 2 aromatic heterocycles. The van der Waals surface area contributed by atoms with E-state index < -0.39 is 0 Å². The molecule has 0 saturated carbocycles. The molecule has 0 unspecified atom stereocenters. The third-order valence-corrected chi connectivity index (χ3v) is 4.38. The zero-order valence-corrected chi connectivity index (χ0v) is 14.0. The highest BCUT2D eigenvalue weighted by molar-refractivity contribution is 6.08. The van der Waals surface area contributed by atoms with Crippen molar-refractivity contribution in [2.75, 3.05) is 5.32 Å². The zero-order chi connectivity index (χ0) is 17.3. The second-order valence-electron chi connectivity index (χ2n) is 5.82. The lowest BCUT2D eigenvalue weighted by Crippen LogP contribution is -2.15. The molecule has 0 atom stereocenters. The summed E-state index contributed by atoms with van der Waals surface area (Å²) in [6, 6.07) is 5.60. The van der Waals surface area contributed by atoms with Crippen molar-refractivity contribution in [3.05, 3.63) is 46.1 Å². The van der Waals surface area contributed by atoms with Crippen molar-refractivity contribution in [1.82, 2.24) is 19.7 Å². The molecule has 126 valence electrons. The van der Waals surface area contributed by atoms with E-state index in [9.17, 15) is 9.59 Å². The van der Waals surface area contributed by atoms with Gasteiger partial charge in [-0.1, -0.05) is 19.9 Å². The summed E-state index contributed by atoms with van der Waals surface area (Å²) in [5.74, 6) is -0.237. The van der Waals surface area contributed by atoms with Gasteiger partial charge in [0, 0.05) is 5.69 Å². The van der Waals surface area contributed by atoms with Crippen LogP contribution in [0.1, 0.15) is 48.8 Å². The minimum atomic E-state index is -0.301. The van der Waals surface area contributed by atoms with E-state index in [0.29, 0.717) is 22.3 Å². The Morgan fingerprint density at radius 1 is 1.29 bits per heavy atom. The Balaban J connectivity index is 1.91. The fourth-order valence-corrected chi connectivity index (χ4v) is 3.00. The molecule has 0 saturated heterocycles. The van der Waals surface area contributed by atoms with Crippen LogP contribution < -0.4 is 11.0 Å². The Hall–Kier alpha value is -2.83. The quantitative estimate of drug-likeness (QED) is 0.672. The molecule has 0 bridgehead atoms. The maximum absolute atomic E-state index is 12.6. The van der Waals surface area contributed by atoms with Crippen LogP contribution in [0.2, 0.25) is 0 Å². The van der Waals surface area contributed by atoms with E-state index in [1.807, 2.05) is 11.6 Å². The van der Waals surface area contributed by atoms with Crippen molar-refractivity contribution in [2.45, 2.75) is 39.7 Å². The van der Waals surface area contributed by atoms with E-state index in [1.165, 1.54) is 0 Å². The SMILES string of the molecule is CCC(CC)n1ncc(C(=O)Nc2cccc3[nH]c(=O)[nH]c23)c1C. The van der Waals surface area contributed by atoms with Gasteiger partial charge in [0.1, 0.15) is 0 Å². The number of rotatable bonds is 5. The number of benzene rings is 1. The Kier molecular flexibility index (Phi) is 4.24. The Labute approximate surface area is 139 Å². The summed E-state index contributed by atoms with van der Waals surface area (Å²) in [4.78, 5) is 29.5. The normalized spacial score (nSPS) is 11.3. The Morgan fingerprint density at radius 3 is 2.75 bits per heavy atom. The van der Waals surface area contributed by atoms with Crippen LogP contribution >= 0.6 is 0 Å². The molecular formula is C17H21N5O2. The number of carbonyl (C=O) groups excluding carboxylic acids is 1. The summed E-state index contributed by atoms with van der Waals surface area (Å²) in [6.07, 6.45) is 3.52. The molecule has 0 radical (unpaired) electrons. The number of aromatic amines is 2. The molecule has 1 aromatic carbocycles. The molecule has 0 fully saturated rings. The van der Waals surface area contributed by atoms with Gasteiger partial charge in [-0.25, -0.2) is 4.79 Å². The van der Waals surface area contributed by atoms with E-state index in [1.54, 1.807) is 24.4 Å². The molecule has 1 amide bonds. The predicted molar refractivity (Wildman–Crippen MR) is 93.5 cm³/mol. The summed E-state index contributed by atoms with van der Waals surface area (Å²) in [6.45, 7) is 6.12. The average molecular weight is 327 g/mol. The summed E-state index contributed by atoms with van der Waals surface area (Å²) in [7, 11) is 0. The van der Waals surface area contributed by atoms with Crippen molar-refractivity contribution in [3.63, 3.8) is 0 Å². The smallest absolute Gasteiger partial charge is 0.320 e. The molecule has 3 N–H and O–H groups in total. The first-order valence-electron chi connectivity index (χ1n) is 8.11. The number of fused-ring (bicyclic) bond motifs is 1. The summed E-state index contributed by atoms with van der Waals surface area (Å²) < 4.78 is 1.91. The summed E-state index contributed by atoms with van der Waals surface area (Å²) in [5.41, 5.74) is 2.88. The highest BCUT2D eigenvalue weighted by atomic mass is 16.2. The van der Waals surface area contributed by atoms with Crippen molar-refractivity contribution < 1.29 is 4.79 Å². The van der Waals surface area contributed by atoms with Crippen molar-refractivity contribution >= 4 is 22.6 Å². The lowest BCUT2D eigenvalue weighted by molar-refractivity contribution is 0.102. The molecular weight excluding hydrogens is 306 g/mol. The fraction of sp³-hybridized carbons (Fsp3) is 0.353. The highest BCUT2D eigenvalue weighted by Crippen LogP contribution is 2.22. The number of anilines is 1. The molecule has 0 aliphatic carbocycles. The van der Waals surface area contributed by atoms with Gasteiger partial charge in [-0.15, -0.1) is 0 Å². The number of hydrogen-bond donors (Lipinski definition) is 3. The lowest BCUT2D eigenvalue weighted by atomic mass is 10.1. The van der Waals surface area contributed by atoms with Gasteiger partial charge in [0.15, 0.2) is 0 Å². The van der Waals surface area contributed by atoms with Gasteiger partial charge in [0.25, 0.3) is 5.91 Å². The van der Waals surface area contributed by atoms with Gasteiger partial charge in [0.2, 0.25) is 0 Å². The largest absolute Gasteiger partial charge is 0.323 e. The van der Waals surface area contributed by atoms with Gasteiger partial charge in [-0.05, 0) is 31.9 Å². The molecule has 7 heteroatoms. The third kappa shape index (κ3) is 2.73. The van der Waals surface area contributed by atoms with Crippen LogP contribution in [0.4, 0.5) is 5.69 Å².